The Bertz CT molecular complexity index is 2300. The van der Waals surface area contributed by atoms with Gasteiger partial charge in [-0.05, 0) is 46.8 Å². The molecule has 3 heterocycles. The number of pyridine rings is 2. The van der Waals surface area contributed by atoms with Crippen LogP contribution < -0.4 is 4.74 Å². The number of hydrogen-bond donors (Lipinski definition) is 0. The Labute approximate surface area is 312 Å². The van der Waals surface area contributed by atoms with Crippen LogP contribution >= 0.6 is 0 Å². The molecule has 0 fully saturated rings. The van der Waals surface area contributed by atoms with Crippen molar-refractivity contribution in [1.82, 2.24) is 9.97 Å². The fraction of sp³-hybridized carbons (Fsp3) is 0.0213. The van der Waals surface area contributed by atoms with E-state index in [0.717, 1.165) is 78.8 Å². The van der Waals surface area contributed by atoms with Crippen molar-refractivity contribution in [2.45, 2.75) is 5.41 Å². The molecule has 0 spiro atoms. The van der Waals surface area contributed by atoms with Gasteiger partial charge in [0.05, 0.1) is 11.4 Å². The fourth-order valence-electron chi connectivity index (χ4n) is 7.11. The van der Waals surface area contributed by atoms with Crippen molar-refractivity contribution in [3.63, 3.8) is 0 Å². The molecule has 6 aromatic carbocycles. The molecule has 4 heteroatoms. The van der Waals surface area contributed by atoms with E-state index in [1.54, 1.807) is 0 Å². The summed E-state index contributed by atoms with van der Waals surface area (Å²) in [5.41, 5.74) is 10.8. The Morgan fingerprint density at radius 2 is 0.843 bits per heavy atom. The number of para-hydroxylation sites is 2. The maximum Gasteiger partial charge on any atom is 2.00 e. The van der Waals surface area contributed by atoms with Crippen molar-refractivity contribution in [2.75, 3.05) is 0 Å². The first-order chi connectivity index (χ1) is 24.8. The third kappa shape index (κ3) is 5.80. The third-order valence-corrected chi connectivity index (χ3v) is 9.44. The second-order valence-electron chi connectivity index (χ2n) is 12.4. The average molecular weight is 834 g/mol. The zero-order valence-electron chi connectivity index (χ0n) is 27.4. The Hall–Kier alpha value is -5.89. The zero-order chi connectivity index (χ0) is 33.3. The zero-order valence-corrected chi connectivity index (χ0v) is 29.7. The van der Waals surface area contributed by atoms with Crippen LogP contribution in [0.5, 0.6) is 11.5 Å². The summed E-state index contributed by atoms with van der Waals surface area (Å²) in [7, 11) is 0. The second kappa shape index (κ2) is 13.8. The van der Waals surface area contributed by atoms with E-state index in [0.29, 0.717) is 0 Å². The van der Waals surface area contributed by atoms with Gasteiger partial charge in [0.15, 0.2) is 0 Å². The predicted octanol–water partition coefficient (Wildman–Crippen LogP) is 11.2. The van der Waals surface area contributed by atoms with Gasteiger partial charge in [0.25, 0.3) is 0 Å². The van der Waals surface area contributed by atoms with Gasteiger partial charge in [-0.3, -0.25) is 9.97 Å². The van der Waals surface area contributed by atoms with Crippen LogP contribution in [0.4, 0.5) is 0 Å². The minimum atomic E-state index is -0.883. The summed E-state index contributed by atoms with van der Waals surface area (Å²) in [5, 5.41) is 0. The SMILES string of the molecule is [Pt+2].[c-]1ccc(-c2ccccc2)cc1-c1cccc(C2(c3cccc(-c4[c-]ccc(-c5ccccc5)c4)n3)c3ccccc3Oc3ccccc32)n1. The van der Waals surface area contributed by atoms with E-state index >= 15 is 0 Å². The summed E-state index contributed by atoms with van der Waals surface area (Å²) in [6, 6.07) is 69.2. The van der Waals surface area contributed by atoms with Gasteiger partial charge in [-0.1, -0.05) is 121 Å². The van der Waals surface area contributed by atoms with Crippen LogP contribution in [-0.2, 0) is 26.5 Å². The number of ether oxygens (including phenoxy) is 1. The molecule has 0 amide bonds. The molecule has 3 nitrogen and oxygen atoms in total. The van der Waals surface area contributed by atoms with Gasteiger partial charge >= 0.3 is 21.1 Å². The molecule has 0 atom stereocenters. The van der Waals surface area contributed by atoms with Gasteiger partial charge in [0.2, 0.25) is 0 Å². The summed E-state index contributed by atoms with van der Waals surface area (Å²) in [4.78, 5) is 10.9. The van der Waals surface area contributed by atoms with Gasteiger partial charge in [-0.15, -0.1) is 70.8 Å². The molecule has 2 aromatic heterocycles. The molecule has 8 aromatic rings. The van der Waals surface area contributed by atoms with E-state index in [9.17, 15) is 0 Å². The summed E-state index contributed by atoms with van der Waals surface area (Å²) < 4.78 is 6.57. The van der Waals surface area contributed by atoms with E-state index in [-0.39, 0.29) is 21.1 Å². The molecule has 1 aliphatic rings. The molecule has 0 aliphatic carbocycles. The van der Waals surface area contributed by atoms with Crippen LogP contribution in [0.15, 0.2) is 182 Å². The van der Waals surface area contributed by atoms with Crippen LogP contribution in [0.3, 0.4) is 0 Å². The minimum Gasteiger partial charge on any atom is -0.457 e. The maximum atomic E-state index is 6.57. The smallest absolute Gasteiger partial charge is 0.457 e. The van der Waals surface area contributed by atoms with E-state index in [4.69, 9.17) is 14.7 Å². The van der Waals surface area contributed by atoms with E-state index in [1.807, 2.05) is 48.5 Å². The molecule has 0 unspecified atom stereocenters. The van der Waals surface area contributed by atoms with Gasteiger partial charge in [0, 0.05) is 11.1 Å². The van der Waals surface area contributed by atoms with Crippen molar-refractivity contribution in [3.05, 3.63) is 217 Å². The monoisotopic (exact) mass is 833 g/mol. The summed E-state index contributed by atoms with van der Waals surface area (Å²) in [6.45, 7) is 0. The van der Waals surface area contributed by atoms with Crippen molar-refractivity contribution in [1.29, 1.82) is 0 Å². The van der Waals surface area contributed by atoms with Gasteiger partial charge in [0.1, 0.15) is 16.9 Å². The van der Waals surface area contributed by atoms with E-state index < -0.39 is 5.41 Å². The number of fused-ring (bicyclic) bond motifs is 2. The maximum absolute atomic E-state index is 6.57. The van der Waals surface area contributed by atoms with Gasteiger partial charge < -0.3 is 4.74 Å². The molecule has 244 valence electrons. The molecule has 0 saturated carbocycles. The van der Waals surface area contributed by atoms with Gasteiger partial charge in [-0.2, -0.15) is 0 Å². The normalized spacial score (nSPS) is 12.5. The van der Waals surface area contributed by atoms with E-state index in [2.05, 4.69) is 146 Å². The van der Waals surface area contributed by atoms with Crippen molar-refractivity contribution < 1.29 is 25.8 Å². The third-order valence-electron chi connectivity index (χ3n) is 9.44. The molecule has 0 saturated heterocycles. The standard InChI is InChI=1S/C47H30N2O.Pt/c1-3-15-33(16-4-1)35-19-11-21-37(31-35)41-25-13-29-45(48-41)47(39-23-7-9-27-43(39)50-44-28-10-8-24-40(44)47)46-30-14-26-42(49-46)38-22-12-20-36(32-38)34-17-5-2-6-18-34;/h1-20,23-32H;/q-2;+2. The summed E-state index contributed by atoms with van der Waals surface area (Å²) in [5.74, 6) is 1.56. The quantitative estimate of drug-likeness (QED) is 0.157. The van der Waals surface area contributed by atoms with Crippen LogP contribution in [0.1, 0.15) is 22.5 Å². The second-order valence-corrected chi connectivity index (χ2v) is 12.4. The predicted molar refractivity (Wildman–Crippen MR) is 200 cm³/mol. The molecular formula is C47H30N2OPt. The Morgan fingerprint density at radius 1 is 0.412 bits per heavy atom. The Morgan fingerprint density at radius 3 is 1.31 bits per heavy atom. The molecule has 0 radical (unpaired) electrons. The molecular weight excluding hydrogens is 804 g/mol. The molecule has 0 N–H and O–H groups in total. The first-order valence-electron chi connectivity index (χ1n) is 16.7. The van der Waals surface area contributed by atoms with Crippen molar-refractivity contribution in [2.24, 2.45) is 0 Å². The molecule has 0 bridgehead atoms. The number of nitrogens with zero attached hydrogens (tertiary/aromatic N) is 2. The largest absolute Gasteiger partial charge is 2.00 e. The van der Waals surface area contributed by atoms with Crippen molar-refractivity contribution in [3.8, 4) is 56.3 Å². The average Bonchev–Trinajstić information content (AvgIpc) is 3.21. The first-order valence-corrected chi connectivity index (χ1v) is 16.7. The van der Waals surface area contributed by atoms with Gasteiger partial charge in [-0.25, -0.2) is 0 Å². The number of hydrogen-bond acceptors (Lipinski definition) is 3. The number of aromatic nitrogens is 2. The Balaban J connectivity index is 0.00000374. The minimum absolute atomic E-state index is 0. The molecule has 9 rings (SSSR count). The summed E-state index contributed by atoms with van der Waals surface area (Å²) in [6.07, 6.45) is 0. The van der Waals surface area contributed by atoms with Crippen molar-refractivity contribution >= 4 is 0 Å². The Kier molecular flexibility index (Phi) is 8.74. The van der Waals surface area contributed by atoms with E-state index in [1.165, 1.54) is 0 Å². The first kappa shape index (κ1) is 32.3. The fourth-order valence-corrected chi connectivity index (χ4v) is 7.11. The van der Waals surface area contributed by atoms with Crippen LogP contribution in [-0.4, -0.2) is 9.97 Å². The number of rotatable bonds is 6. The van der Waals surface area contributed by atoms with Crippen LogP contribution in [0.25, 0.3) is 44.8 Å². The summed E-state index contributed by atoms with van der Waals surface area (Å²) >= 11 is 0. The number of benzene rings is 6. The molecule has 51 heavy (non-hydrogen) atoms. The topological polar surface area (TPSA) is 35.0 Å². The van der Waals surface area contributed by atoms with Crippen LogP contribution in [0, 0.1) is 12.1 Å². The van der Waals surface area contributed by atoms with Crippen LogP contribution in [0.2, 0.25) is 0 Å². The molecule has 1 aliphatic heterocycles.